The molecule has 0 saturated carbocycles. The van der Waals surface area contributed by atoms with Crippen molar-refractivity contribution in [3.63, 3.8) is 0 Å². The normalized spacial score (nSPS) is 21.0. The summed E-state index contributed by atoms with van der Waals surface area (Å²) in [5.41, 5.74) is 9.52. The van der Waals surface area contributed by atoms with Crippen molar-refractivity contribution >= 4 is 45.8 Å². The number of piperidine rings is 1. The fourth-order valence-corrected chi connectivity index (χ4v) is 10.9. The number of rotatable bonds is 10. The van der Waals surface area contributed by atoms with Crippen molar-refractivity contribution < 1.29 is 29.3 Å². The van der Waals surface area contributed by atoms with Gasteiger partial charge >= 0.3 is 11.9 Å². The Kier molecular flexibility index (Phi) is 10.2. The minimum atomic E-state index is -0.965. The maximum atomic E-state index is 13.0. The Bertz CT molecular complexity index is 2740. The molecule has 3 heterocycles. The predicted molar refractivity (Wildman–Crippen MR) is 251 cm³/mol. The number of methoxy groups -OCH3 is 1. The van der Waals surface area contributed by atoms with E-state index in [0.717, 1.165) is 70.5 Å². The Morgan fingerprint density at radius 3 is 2.06 bits per heavy atom. The van der Waals surface area contributed by atoms with Crippen LogP contribution in [0.25, 0.3) is 28.0 Å². The molecule has 10 rings (SSSR count). The van der Waals surface area contributed by atoms with Crippen LogP contribution in [0.2, 0.25) is 0 Å². The van der Waals surface area contributed by atoms with Crippen molar-refractivity contribution in [2.75, 3.05) is 54.5 Å². The monoisotopic (exact) mass is 839 g/mol. The van der Waals surface area contributed by atoms with Crippen LogP contribution in [0.4, 0.5) is 17.1 Å². The van der Waals surface area contributed by atoms with Crippen LogP contribution in [-0.4, -0.2) is 68.0 Å². The summed E-state index contributed by atoms with van der Waals surface area (Å²) < 4.78 is 13.8. The number of benzene rings is 6. The first kappa shape index (κ1) is 40.3. The van der Waals surface area contributed by atoms with Crippen LogP contribution in [0.3, 0.4) is 0 Å². The summed E-state index contributed by atoms with van der Waals surface area (Å²) in [7, 11) is 1.64. The number of carbonyl (C=O) groups is 2. The smallest absolute Gasteiger partial charge is 0.326 e. The number of hydrogen-bond acceptors (Lipinski definition) is 7. The van der Waals surface area contributed by atoms with E-state index < -0.39 is 23.6 Å². The molecule has 3 unspecified atom stereocenters. The van der Waals surface area contributed by atoms with Crippen LogP contribution >= 0.6 is 0 Å². The summed E-state index contributed by atoms with van der Waals surface area (Å²) in [5.74, 6) is -0.477. The van der Waals surface area contributed by atoms with Crippen molar-refractivity contribution in [3.8, 4) is 22.6 Å². The number of para-hydroxylation sites is 1. The largest absolute Gasteiger partial charge is 0.495 e. The summed E-state index contributed by atoms with van der Waals surface area (Å²) in [6.07, 6.45) is 6.01. The number of nitrogens with zero attached hydrogens (tertiary/aromatic N) is 3. The summed E-state index contributed by atoms with van der Waals surface area (Å²) in [4.78, 5) is 31.3. The molecule has 0 spiro atoms. The topological polar surface area (TPSA) is 103 Å². The Balaban J connectivity index is 1.10. The number of carboxylic acid groups (broad SMARTS) is 2. The molecule has 3 aliphatic heterocycles. The highest BCUT2D eigenvalue weighted by molar-refractivity contribution is 6.10. The zero-order valence-corrected chi connectivity index (χ0v) is 36.1. The number of aliphatic carboxylic acids is 2. The van der Waals surface area contributed by atoms with Gasteiger partial charge in [-0.05, 0) is 95.3 Å². The van der Waals surface area contributed by atoms with E-state index >= 15 is 0 Å². The molecule has 1 aliphatic carbocycles. The molecule has 9 nitrogen and oxygen atoms in total. The zero-order valence-electron chi connectivity index (χ0n) is 36.1. The highest BCUT2D eigenvalue weighted by atomic mass is 16.5. The molecule has 0 bridgehead atoms. The minimum absolute atomic E-state index is 0.000869. The second-order valence-corrected chi connectivity index (χ2v) is 18.0. The van der Waals surface area contributed by atoms with E-state index in [1.54, 1.807) is 7.11 Å². The lowest BCUT2D eigenvalue weighted by atomic mass is 9.76. The van der Waals surface area contributed by atoms with Crippen molar-refractivity contribution in [3.05, 3.63) is 155 Å². The van der Waals surface area contributed by atoms with Crippen LogP contribution in [0.5, 0.6) is 11.5 Å². The first-order valence-electron chi connectivity index (χ1n) is 22.2. The van der Waals surface area contributed by atoms with Gasteiger partial charge in [-0.3, -0.25) is 4.79 Å². The number of hydrogen-bond donors (Lipinski definition) is 2. The van der Waals surface area contributed by atoms with E-state index in [0.29, 0.717) is 37.2 Å². The van der Waals surface area contributed by atoms with Gasteiger partial charge in [0.1, 0.15) is 17.5 Å². The van der Waals surface area contributed by atoms with Gasteiger partial charge in [0.05, 0.1) is 12.8 Å². The van der Waals surface area contributed by atoms with Gasteiger partial charge in [-0.15, -0.1) is 0 Å². The zero-order chi connectivity index (χ0) is 43.5. The van der Waals surface area contributed by atoms with Crippen LogP contribution in [0.1, 0.15) is 67.3 Å². The van der Waals surface area contributed by atoms with Gasteiger partial charge in [0.25, 0.3) is 0 Å². The average Bonchev–Trinajstić information content (AvgIpc) is 3.57. The standard InChI is InChI=1S/C54H53N3O6/c1-53(2)44-17-11-10-16-40(44)49-42-33-45(57-27-25-35(18-23-48(58)59)32-46(57)52(60)61)47(62-3)34-43(42)51-41(50(49)53)24-26-54(63-51,36-12-6-4-7-13-36)37-19-21-39(22-20-37)56-30-28-55(29-31-56)38-14-8-5-9-15-38/h4-17,19-22,24,26,33-35,46H,18,23,25,27-32H2,1-3H3,(H,58,59)(H,60,61). The van der Waals surface area contributed by atoms with Crippen molar-refractivity contribution in [1.82, 2.24) is 0 Å². The molecule has 2 fully saturated rings. The van der Waals surface area contributed by atoms with E-state index in [1.165, 1.54) is 22.5 Å². The van der Waals surface area contributed by atoms with Gasteiger partial charge < -0.3 is 34.4 Å². The molecule has 0 radical (unpaired) electrons. The summed E-state index contributed by atoms with van der Waals surface area (Å²) >= 11 is 0. The van der Waals surface area contributed by atoms with Gasteiger partial charge in [0.2, 0.25) is 0 Å². The quantitative estimate of drug-likeness (QED) is 0.140. The first-order chi connectivity index (χ1) is 30.6. The Morgan fingerprint density at radius 2 is 1.40 bits per heavy atom. The third-order valence-corrected chi connectivity index (χ3v) is 14.2. The van der Waals surface area contributed by atoms with E-state index in [2.05, 4.69) is 145 Å². The van der Waals surface area contributed by atoms with E-state index in [9.17, 15) is 19.8 Å². The first-order valence-corrected chi connectivity index (χ1v) is 22.2. The average molecular weight is 840 g/mol. The van der Waals surface area contributed by atoms with Crippen LogP contribution in [0, 0.1) is 5.92 Å². The Morgan fingerprint density at radius 1 is 0.762 bits per heavy atom. The molecule has 3 atom stereocenters. The van der Waals surface area contributed by atoms with Gasteiger partial charge in [0.15, 0.2) is 5.60 Å². The van der Waals surface area contributed by atoms with Gasteiger partial charge in [0, 0.05) is 78.0 Å². The maximum Gasteiger partial charge on any atom is 0.326 e. The number of anilines is 3. The minimum Gasteiger partial charge on any atom is -0.495 e. The maximum absolute atomic E-state index is 13.0. The van der Waals surface area contributed by atoms with E-state index in [-0.39, 0.29) is 17.8 Å². The highest BCUT2D eigenvalue weighted by Gasteiger charge is 2.45. The predicted octanol–water partition coefficient (Wildman–Crippen LogP) is 10.4. The summed E-state index contributed by atoms with van der Waals surface area (Å²) in [5, 5.41) is 21.9. The molecule has 2 saturated heterocycles. The summed E-state index contributed by atoms with van der Waals surface area (Å²) in [6, 6.07) is 41.8. The molecule has 6 aromatic carbocycles. The number of fused-ring (bicyclic) bond motifs is 8. The van der Waals surface area contributed by atoms with Crippen molar-refractivity contribution in [1.29, 1.82) is 0 Å². The molecule has 9 heteroatoms. The molecule has 320 valence electrons. The van der Waals surface area contributed by atoms with Crippen LogP contribution < -0.4 is 24.2 Å². The molecule has 4 aliphatic rings. The van der Waals surface area contributed by atoms with Crippen molar-refractivity contribution in [2.45, 2.75) is 56.6 Å². The molecule has 0 amide bonds. The molecule has 6 aromatic rings. The second kappa shape index (κ2) is 15.9. The summed E-state index contributed by atoms with van der Waals surface area (Å²) in [6.45, 7) is 8.78. The highest BCUT2D eigenvalue weighted by Crippen LogP contribution is 2.59. The third-order valence-electron chi connectivity index (χ3n) is 14.2. The number of ether oxygens (including phenoxy) is 2. The Hall–Kier alpha value is -6.74. The SMILES string of the molecule is COc1cc2c3c(c4c(c2cc1N1CCC(CCC(=O)O)CC1C(=O)O)-c1ccccc1C4(C)C)C=CC(c1ccccc1)(c1ccc(N2CCN(c4ccccc4)CC2)cc1)O3. The van der Waals surface area contributed by atoms with Crippen molar-refractivity contribution in [2.24, 2.45) is 5.92 Å². The van der Waals surface area contributed by atoms with E-state index in [1.807, 2.05) is 17.0 Å². The Labute approximate surface area is 368 Å². The molecular formula is C54H53N3O6. The molecule has 2 N–H and O–H groups in total. The second-order valence-electron chi connectivity index (χ2n) is 18.0. The van der Waals surface area contributed by atoms with Crippen LogP contribution in [0.15, 0.2) is 127 Å². The lowest BCUT2D eigenvalue weighted by Gasteiger charge is -2.40. The fraction of sp³-hybridized carbons (Fsp3) is 0.296. The van der Waals surface area contributed by atoms with E-state index in [4.69, 9.17) is 9.47 Å². The van der Waals surface area contributed by atoms with Gasteiger partial charge in [-0.2, -0.15) is 0 Å². The third kappa shape index (κ3) is 6.85. The molecule has 0 aromatic heterocycles. The fourth-order valence-electron chi connectivity index (χ4n) is 10.9. The van der Waals surface area contributed by atoms with Gasteiger partial charge in [-0.25, -0.2) is 4.79 Å². The van der Waals surface area contributed by atoms with Gasteiger partial charge in [-0.1, -0.05) is 105 Å². The lowest BCUT2D eigenvalue weighted by Crippen LogP contribution is -2.47. The molecule has 63 heavy (non-hydrogen) atoms. The van der Waals surface area contributed by atoms with Crippen LogP contribution in [-0.2, 0) is 20.6 Å². The number of carboxylic acids is 2. The number of piperazine rings is 1. The molecular weight excluding hydrogens is 787 g/mol. The lowest BCUT2D eigenvalue weighted by molar-refractivity contribution is -0.139.